The minimum Gasteiger partial charge on any atom is -0.497 e. The van der Waals surface area contributed by atoms with Gasteiger partial charge in [-0.05, 0) is 30.2 Å². The molecule has 2 N–H and O–H groups in total. The van der Waals surface area contributed by atoms with Gasteiger partial charge in [0.15, 0.2) is 9.84 Å². The van der Waals surface area contributed by atoms with Crippen molar-refractivity contribution in [2.24, 2.45) is 11.7 Å². The number of benzene rings is 1. The third-order valence-corrected chi connectivity index (χ3v) is 5.00. The van der Waals surface area contributed by atoms with Crippen LogP contribution in [0.5, 0.6) is 5.75 Å². The molecule has 0 saturated heterocycles. The van der Waals surface area contributed by atoms with Crippen LogP contribution in [0, 0.1) is 5.92 Å². The number of hydrogen-bond donors (Lipinski definition) is 1. The lowest BCUT2D eigenvalue weighted by Crippen LogP contribution is -2.11. The molecule has 0 amide bonds. The summed E-state index contributed by atoms with van der Waals surface area (Å²) in [6, 6.07) is 7.52. The molecule has 1 saturated carbocycles. The largest absolute Gasteiger partial charge is 0.497 e. The van der Waals surface area contributed by atoms with Crippen LogP contribution in [0.3, 0.4) is 0 Å². The molecule has 2 rings (SSSR count). The molecular weight excluding hydrogens is 238 g/mol. The molecule has 1 fully saturated rings. The summed E-state index contributed by atoms with van der Waals surface area (Å²) < 4.78 is 28.3. The molecule has 1 aromatic rings. The zero-order chi connectivity index (χ0) is 12.6. The highest BCUT2D eigenvalue weighted by atomic mass is 32.2. The van der Waals surface area contributed by atoms with E-state index in [2.05, 4.69) is 0 Å². The average molecular weight is 255 g/mol. The molecular formula is C12H17NO3S. The van der Waals surface area contributed by atoms with E-state index in [4.69, 9.17) is 10.5 Å². The van der Waals surface area contributed by atoms with Crippen molar-refractivity contribution in [3.8, 4) is 5.75 Å². The topological polar surface area (TPSA) is 69.4 Å². The average Bonchev–Trinajstić information content (AvgIpc) is 3.03. The highest BCUT2D eigenvalue weighted by molar-refractivity contribution is 7.91. The van der Waals surface area contributed by atoms with Crippen LogP contribution in [0.1, 0.15) is 11.5 Å². The van der Waals surface area contributed by atoms with E-state index in [-0.39, 0.29) is 17.1 Å². The number of nitrogens with two attached hydrogens (primary N) is 1. The van der Waals surface area contributed by atoms with E-state index in [1.807, 2.05) is 24.3 Å². The Morgan fingerprint density at radius 1 is 1.29 bits per heavy atom. The van der Waals surface area contributed by atoms with Crippen molar-refractivity contribution in [2.75, 3.05) is 19.9 Å². The molecule has 0 heterocycles. The molecule has 1 aliphatic rings. The van der Waals surface area contributed by atoms with Crippen LogP contribution >= 0.6 is 0 Å². The SMILES string of the molecule is COc1ccc([C@H]2[C@@H](CN)[C@@H]2S(C)(=O)=O)cc1. The van der Waals surface area contributed by atoms with Crippen LogP contribution in [0.2, 0.25) is 0 Å². The van der Waals surface area contributed by atoms with Crippen molar-refractivity contribution in [1.82, 2.24) is 0 Å². The molecule has 17 heavy (non-hydrogen) atoms. The van der Waals surface area contributed by atoms with E-state index in [0.29, 0.717) is 6.54 Å². The standard InChI is InChI=1S/C12H17NO3S/c1-16-9-5-3-8(4-6-9)11-10(7-13)12(11)17(2,14)15/h3-6,10-12H,7,13H2,1-2H3/t10-,11+,12+/m1/s1. The first-order valence-corrected chi connectivity index (χ1v) is 7.47. The van der Waals surface area contributed by atoms with E-state index >= 15 is 0 Å². The van der Waals surface area contributed by atoms with Crippen LogP contribution in [-0.4, -0.2) is 33.6 Å². The molecule has 3 atom stereocenters. The first-order valence-electron chi connectivity index (χ1n) is 5.52. The van der Waals surface area contributed by atoms with E-state index in [1.165, 1.54) is 6.26 Å². The van der Waals surface area contributed by atoms with Crippen molar-refractivity contribution >= 4 is 9.84 Å². The van der Waals surface area contributed by atoms with Gasteiger partial charge in [0.2, 0.25) is 0 Å². The Balaban J connectivity index is 2.23. The van der Waals surface area contributed by atoms with Crippen molar-refractivity contribution in [1.29, 1.82) is 0 Å². The maximum atomic E-state index is 11.6. The summed E-state index contributed by atoms with van der Waals surface area (Å²) in [7, 11) is -1.41. The van der Waals surface area contributed by atoms with Gasteiger partial charge in [0, 0.05) is 12.2 Å². The Kier molecular flexibility index (Phi) is 3.14. The fourth-order valence-electron chi connectivity index (χ4n) is 2.47. The number of sulfone groups is 1. The molecule has 0 aliphatic heterocycles. The number of methoxy groups -OCH3 is 1. The quantitative estimate of drug-likeness (QED) is 0.863. The van der Waals surface area contributed by atoms with Crippen LogP contribution < -0.4 is 10.5 Å². The van der Waals surface area contributed by atoms with Crippen molar-refractivity contribution in [3.05, 3.63) is 29.8 Å². The minimum absolute atomic E-state index is 0.0425. The van der Waals surface area contributed by atoms with Gasteiger partial charge in [-0.25, -0.2) is 8.42 Å². The summed E-state index contributed by atoms with van der Waals surface area (Å²) in [5.74, 6) is 0.869. The third-order valence-electron chi connectivity index (χ3n) is 3.36. The maximum absolute atomic E-state index is 11.6. The molecule has 5 heteroatoms. The van der Waals surface area contributed by atoms with Gasteiger partial charge in [0.05, 0.1) is 12.4 Å². The fourth-order valence-corrected chi connectivity index (χ4v) is 4.19. The lowest BCUT2D eigenvalue weighted by Gasteiger charge is -2.02. The van der Waals surface area contributed by atoms with Crippen molar-refractivity contribution in [2.45, 2.75) is 11.2 Å². The zero-order valence-electron chi connectivity index (χ0n) is 9.96. The van der Waals surface area contributed by atoms with Gasteiger partial charge >= 0.3 is 0 Å². The molecule has 0 bridgehead atoms. The second kappa shape index (κ2) is 4.31. The van der Waals surface area contributed by atoms with E-state index in [9.17, 15) is 8.42 Å². The highest BCUT2D eigenvalue weighted by Gasteiger charge is 2.55. The van der Waals surface area contributed by atoms with E-state index in [0.717, 1.165) is 11.3 Å². The first kappa shape index (κ1) is 12.4. The Bertz CT molecular complexity index is 495. The van der Waals surface area contributed by atoms with Gasteiger partial charge in [0.1, 0.15) is 5.75 Å². The second-order valence-corrected chi connectivity index (χ2v) is 6.70. The van der Waals surface area contributed by atoms with Gasteiger partial charge in [0.25, 0.3) is 0 Å². The summed E-state index contributed by atoms with van der Waals surface area (Å²) in [5, 5.41) is -0.319. The van der Waals surface area contributed by atoms with Crippen molar-refractivity contribution < 1.29 is 13.2 Å². The Morgan fingerprint density at radius 3 is 2.24 bits per heavy atom. The van der Waals surface area contributed by atoms with Gasteiger partial charge in [-0.3, -0.25) is 0 Å². The van der Waals surface area contributed by atoms with E-state index in [1.54, 1.807) is 7.11 Å². The predicted octanol–water partition coefficient (Wildman–Crippen LogP) is 0.780. The van der Waals surface area contributed by atoms with Gasteiger partial charge in [-0.1, -0.05) is 12.1 Å². The second-order valence-electron chi connectivity index (χ2n) is 4.49. The third kappa shape index (κ3) is 2.30. The molecule has 0 aromatic heterocycles. The molecule has 0 radical (unpaired) electrons. The summed E-state index contributed by atoms with van der Waals surface area (Å²) in [4.78, 5) is 0. The monoisotopic (exact) mass is 255 g/mol. The maximum Gasteiger partial charge on any atom is 0.151 e. The molecule has 94 valence electrons. The van der Waals surface area contributed by atoms with Gasteiger partial charge < -0.3 is 10.5 Å². The number of hydrogen-bond acceptors (Lipinski definition) is 4. The lowest BCUT2D eigenvalue weighted by molar-refractivity contribution is 0.414. The van der Waals surface area contributed by atoms with Crippen LogP contribution in [-0.2, 0) is 9.84 Å². The zero-order valence-corrected chi connectivity index (χ0v) is 10.8. The molecule has 1 aliphatic carbocycles. The fraction of sp³-hybridized carbons (Fsp3) is 0.500. The van der Waals surface area contributed by atoms with Gasteiger partial charge in [-0.15, -0.1) is 0 Å². The highest BCUT2D eigenvalue weighted by Crippen LogP contribution is 2.51. The molecule has 4 nitrogen and oxygen atoms in total. The van der Waals surface area contributed by atoms with E-state index < -0.39 is 9.84 Å². The van der Waals surface area contributed by atoms with Gasteiger partial charge in [-0.2, -0.15) is 0 Å². The summed E-state index contributed by atoms with van der Waals surface area (Å²) in [6.07, 6.45) is 1.28. The molecule has 1 aromatic carbocycles. The summed E-state index contributed by atoms with van der Waals surface area (Å²) in [5.41, 5.74) is 6.64. The van der Waals surface area contributed by atoms with Crippen LogP contribution in [0.25, 0.3) is 0 Å². The Labute approximate surface area is 102 Å². The minimum atomic E-state index is -3.02. The number of rotatable bonds is 4. The summed E-state index contributed by atoms with van der Waals surface area (Å²) in [6.45, 7) is 0.411. The smallest absolute Gasteiger partial charge is 0.151 e. The van der Waals surface area contributed by atoms with Crippen LogP contribution in [0.15, 0.2) is 24.3 Å². The summed E-state index contributed by atoms with van der Waals surface area (Å²) >= 11 is 0. The number of ether oxygens (including phenoxy) is 1. The first-order chi connectivity index (χ1) is 7.99. The van der Waals surface area contributed by atoms with Crippen LogP contribution in [0.4, 0.5) is 0 Å². The molecule has 0 unspecified atom stereocenters. The Morgan fingerprint density at radius 2 is 1.88 bits per heavy atom. The normalized spacial score (nSPS) is 27.8. The molecule has 0 spiro atoms. The predicted molar refractivity (Wildman–Crippen MR) is 66.9 cm³/mol. The van der Waals surface area contributed by atoms with Crippen molar-refractivity contribution in [3.63, 3.8) is 0 Å². The Hall–Kier alpha value is -1.07. The lowest BCUT2D eigenvalue weighted by atomic mass is 10.1.